The number of nitrogens with one attached hydrogen (secondary N) is 1. The van der Waals surface area contributed by atoms with E-state index in [1.165, 1.54) is 0 Å². The van der Waals surface area contributed by atoms with Gasteiger partial charge >= 0.3 is 6.03 Å². The summed E-state index contributed by atoms with van der Waals surface area (Å²) in [7, 11) is 0. The van der Waals surface area contributed by atoms with Crippen molar-refractivity contribution in [1.29, 1.82) is 0 Å². The topological polar surface area (TPSA) is 105 Å². The van der Waals surface area contributed by atoms with Crippen molar-refractivity contribution in [3.63, 3.8) is 0 Å². The quantitative estimate of drug-likeness (QED) is 0.735. The number of carbonyl (C=O) groups is 1. The lowest BCUT2D eigenvalue weighted by molar-refractivity contribution is 0.215. The average molecular weight is 379 g/mol. The lowest BCUT2D eigenvalue weighted by Crippen LogP contribution is -2.38. The van der Waals surface area contributed by atoms with Crippen molar-refractivity contribution >= 4 is 17.7 Å². The number of aryl methyl sites for hydroxylation is 1. The zero-order valence-electron chi connectivity index (χ0n) is 15.6. The van der Waals surface area contributed by atoms with Crippen molar-refractivity contribution < 1.29 is 4.79 Å². The highest BCUT2D eigenvalue weighted by Crippen LogP contribution is 2.16. The first-order valence-corrected chi connectivity index (χ1v) is 9.14. The molecular weight excluding hydrogens is 358 g/mol. The summed E-state index contributed by atoms with van der Waals surface area (Å²) in [6.45, 7) is 4.63. The molecule has 2 aromatic heterocycles. The molecule has 2 amide bonds. The van der Waals surface area contributed by atoms with Crippen LogP contribution in [0.25, 0.3) is 5.69 Å². The van der Waals surface area contributed by atoms with Crippen molar-refractivity contribution in [2.24, 2.45) is 0 Å². The van der Waals surface area contributed by atoms with Crippen molar-refractivity contribution in [3.8, 4) is 5.69 Å². The number of urea groups is 1. The van der Waals surface area contributed by atoms with E-state index in [-0.39, 0.29) is 6.03 Å². The first-order valence-electron chi connectivity index (χ1n) is 9.14. The van der Waals surface area contributed by atoms with Gasteiger partial charge in [-0.2, -0.15) is 4.68 Å². The molecule has 0 unspecified atom stereocenters. The van der Waals surface area contributed by atoms with E-state index in [2.05, 4.69) is 35.7 Å². The van der Waals surface area contributed by atoms with Gasteiger partial charge in [0.25, 0.3) is 0 Å². The first kappa shape index (κ1) is 17.8. The second-order valence-electron chi connectivity index (χ2n) is 6.49. The van der Waals surface area contributed by atoms with Crippen LogP contribution in [0.15, 0.2) is 42.7 Å². The summed E-state index contributed by atoms with van der Waals surface area (Å²) in [4.78, 5) is 25.3. The van der Waals surface area contributed by atoms with Crippen LogP contribution in [0.5, 0.6) is 0 Å². The van der Waals surface area contributed by atoms with E-state index >= 15 is 0 Å². The number of aromatic nitrogens is 6. The molecule has 3 heterocycles. The normalized spacial score (nSPS) is 14.6. The van der Waals surface area contributed by atoms with E-state index in [0.29, 0.717) is 37.1 Å². The zero-order valence-corrected chi connectivity index (χ0v) is 15.6. The molecule has 0 saturated carbocycles. The van der Waals surface area contributed by atoms with Crippen LogP contribution in [0.3, 0.4) is 0 Å². The molecule has 0 bridgehead atoms. The predicted octanol–water partition coefficient (Wildman–Crippen LogP) is 1.50. The van der Waals surface area contributed by atoms with Gasteiger partial charge in [0.15, 0.2) is 5.82 Å². The van der Waals surface area contributed by atoms with Crippen LogP contribution in [0.4, 0.5) is 16.4 Å². The molecule has 144 valence electrons. The standard InChI is InChI=1S/C18H21N9O/c1-14-22-23-24-27(14)16-6-2-5-15(13-16)21-18(28)26-10-4-9-25(11-12-26)17-19-7-3-8-20-17/h2-3,5-8,13H,4,9-12H2,1H3,(H,21,28). The molecule has 1 N–H and O–H groups in total. The van der Waals surface area contributed by atoms with E-state index in [4.69, 9.17) is 0 Å². The summed E-state index contributed by atoms with van der Waals surface area (Å²) in [5.74, 6) is 1.38. The molecule has 28 heavy (non-hydrogen) atoms. The number of carbonyl (C=O) groups excluding carboxylic acids is 1. The third-order valence-corrected chi connectivity index (χ3v) is 4.59. The summed E-state index contributed by atoms with van der Waals surface area (Å²) in [6, 6.07) is 9.13. The molecule has 10 nitrogen and oxygen atoms in total. The van der Waals surface area contributed by atoms with Crippen molar-refractivity contribution in [1.82, 2.24) is 35.1 Å². The Hall–Kier alpha value is -3.56. The summed E-state index contributed by atoms with van der Waals surface area (Å²) < 4.78 is 1.62. The smallest absolute Gasteiger partial charge is 0.321 e. The maximum Gasteiger partial charge on any atom is 0.321 e. The molecule has 0 atom stereocenters. The minimum atomic E-state index is -0.124. The molecule has 4 rings (SSSR count). The fourth-order valence-corrected chi connectivity index (χ4v) is 3.16. The van der Waals surface area contributed by atoms with Gasteiger partial charge in [-0.05, 0) is 48.0 Å². The third kappa shape index (κ3) is 3.90. The lowest BCUT2D eigenvalue weighted by atomic mass is 10.2. The Balaban J connectivity index is 1.41. The Morgan fingerprint density at radius 2 is 1.93 bits per heavy atom. The van der Waals surface area contributed by atoms with Crippen LogP contribution in [-0.4, -0.2) is 67.3 Å². The highest BCUT2D eigenvalue weighted by Gasteiger charge is 2.20. The molecule has 1 saturated heterocycles. The van der Waals surface area contributed by atoms with Gasteiger partial charge in [0.1, 0.15) is 0 Å². The summed E-state index contributed by atoms with van der Waals surface area (Å²) >= 11 is 0. The molecule has 1 aliphatic rings. The maximum absolute atomic E-state index is 12.7. The SMILES string of the molecule is Cc1nnnn1-c1cccc(NC(=O)N2CCCN(c3ncccn3)CC2)c1. The van der Waals surface area contributed by atoms with Crippen molar-refractivity contribution in [2.45, 2.75) is 13.3 Å². The van der Waals surface area contributed by atoms with Gasteiger partial charge in [-0.1, -0.05) is 6.07 Å². The van der Waals surface area contributed by atoms with E-state index < -0.39 is 0 Å². The van der Waals surface area contributed by atoms with E-state index in [1.807, 2.05) is 36.1 Å². The maximum atomic E-state index is 12.7. The van der Waals surface area contributed by atoms with Crippen molar-refractivity contribution in [3.05, 3.63) is 48.5 Å². The third-order valence-electron chi connectivity index (χ3n) is 4.59. The number of tetrazole rings is 1. The van der Waals surface area contributed by atoms with Gasteiger partial charge in [0.05, 0.1) is 5.69 Å². The Morgan fingerprint density at radius 1 is 1.07 bits per heavy atom. The van der Waals surface area contributed by atoms with Gasteiger partial charge < -0.3 is 15.1 Å². The van der Waals surface area contributed by atoms with Gasteiger partial charge in [-0.15, -0.1) is 5.10 Å². The fourth-order valence-electron chi connectivity index (χ4n) is 3.16. The van der Waals surface area contributed by atoms with Crippen molar-refractivity contribution in [2.75, 3.05) is 36.4 Å². The number of rotatable bonds is 3. The molecule has 3 aromatic rings. The van der Waals surface area contributed by atoms with Gasteiger partial charge in [0, 0.05) is 44.3 Å². The monoisotopic (exact) mass is 379 g/mol. The number of nitrogens with zero attached hydrogens (tertiary/aromatic N) is 8. The largest absolute Gasteiger partial charge is 0.339 e. The first-order chi connectivity index (χ1) is 13.7. The predicted molar refractivity (Wildman–Crippen MR) is 103 cm³/mol. The molecule has 1 aromatic carbocycles. The highest BCUT2D eigenvalue weighted by atomic mass is 16.2. The number of hydrogen-bond donors (Lipinski definition) is 1. The lowest BCUT2D eigenvalue weighted by Gasteiger charge is -2.22. The number of amides is 2. The minimum absolute atomic E-state index is 0.124. The Labute approximate surface area is 162 Å². The zero-order chi connectivity index (χ0) is 19.3. The highest BCUT2D eigenvalue weighted by molar-refractivity contribution is 5.89. The average Bonchev–Trinajstić information content (AvgIpc) is 3.00. The Morgan fingerprint density at radius 3 is 2.71 bits per heavy atom. The summed E-state index contributed by atoms with van der Waals surface area (Å²) in [5, 5.41) is 14.5. The Bertz CT molecular complexity index is 943. The van der Waals surface area contributed by atoms with Crippen LogP contribution in [-0.2, 0) is 0 Å². The molecule has 0 radical (unpaired) electrons. The summed E-state index contributed by atoms with van der Waals surface area (Å²) in [6.07, 6.45) is 4.32. The number of anilines is 2. The Kier molecular flexibility index (Phi) is 5.09. The molecule has 0 aliphatic carbocycles. The molecule has 1 aliphatic heterocycles. The van der Waals surface area contributed by atoms with Crippen LogP contribution in [0, 0.1) is 6.92 Å². The summed E-state index contributed by atoms with van der Waals surface area (Å²) in [5.41, 5.74) is 1.49. The van der Waals surface area contributed by atoms with Crippen LogP contribution >= 0.6 is 0 Å². The fraction of sp³-hybridized carbons (Fsp3) is 0.333. The molecular formula is C18H21N9O. The van der Waals surface area contributed by atoms with Crippen LogP contribution in [0.2, 0.25) is 0 Å². The minimum Gasteiger partial charge on any atom is -0.339 e. The molecule has 10 heteroatoms. The van der Waals surface area contributed by atoms with E-state index in [9.17, 15) is 4.79 Å². The van der Waals surface area contributed by atoms with E-state index in [1.54, 1.807) is 23.1 Å². The number of benzene rings is 1. The van der Waals surface area contributed by atoms with Gasteiger partial charge in [0.2, 0.25) is 5.95 Å². The van der Waals surface area contributed by atoms with Crippen LogP contribution < -0.4 is 10.2 Å². The molecule has 1 fully saturated rings. The van der Waals surface area contributed by atoms with E-state index in [0.717, 1.165) is 18.7 Å². The van der Waals surface area contributed by atoms with Gasteiger partial charge in [-0.25, -0.2) is 14.8 Å². The van der Waals surface area contributed by atoms with Crippen LogP contribution in [0.1, 0.15) is 12.2 Å². The second kappa shape index (κ2) is 7.99. The van der Waals surface area contributed by atoms with Gasteiger partial charge in [-0.3, -0.25) is 0 Å². The molecule has 0 spiro atoms. The second-order valence-corrected chi connectivity index (χ2v) is 6.49. The number of hydrogen-bond acceptors (Lipinski definition) is 7.